The van der Waals surface area contributed by atoms with E-state index in [1.54, 1.807) is 0 Å². The number of nitrogens with one attached hydrogen (secondary N) is 2. The molecule has 2 rings (SSSR count). The van der Waals surface area contributed by atoms with Crippen LogP contribution in [0, 0.1) is 5.92 Å². The van der Waals surface area contributed by atoms with Crippen LogP contribution in [0.5, 0.6) is 0 Å². The molecule has 0 radical (unpaired) electrons. The molecule has 2 atom stereocenters. The Morgan fingerprint density at radius 3 is 2.65 bits per heavy atom. The second-order valence-corrected chi connectivity index (χ2v) is 5.62. The third-order valence-electron chi connectivity index (χ3n) is 4.16. The number of carbonyl (C=O) groups is 1. The fourth-order valence-corrected chi connectivity index (χ4v) is 2.81. The highest BCUT2D eigenvalue weighted by molar-refractivity contribution is 5.74. The average molecular weight is 276 g/mol. The van der Waals surface area contributed by atoms with Gasteiger partial charge in [-0.25, -0.2) is 4.79 Å². The zero-order chi connectivity index (χ0) is 14.4. The molecule has 4 nitrogen and oxygen atoms in total. The van der Waals surface area contributed by atoms with Gasteiger partial charge in [0.1, 0.15) is 0 Å². The predicted octanol–water partition coefficient (Wildman–Crippen LogP) is 2.56. The molecule has 1 aromatic carbocycles. The Morgan fingerprint density at radius 2 is 1.95 bits per heavy atom. The zero-order valence-electron chi connectivity index (χ0n) is 12.1. The van der Waals surface area contributed by atoms with E-state index < -0.39 is 0 Å². The van der Waals surface area contributed by atoms with Crippen LogP contribution in [0.15, 0.2) is 24.3 Å². The Bertz CT molecular complexity index is 448. The normalized spacial score (nSPS) is 22.3. The van der Waals surface area contributed by atoms with E-state index in [9.17, 15) is 9.90 Å². The molecule has 0 bridgehead atoms. The monoisotopic (exact) mass is 276 g/mol. The minimum atomic E-state index is -0.114. The van der Waals surface area contributed by atoms with Gasteiger partial charge in [0.05, 0.1) is 6.61 Å². The predicted molar refractivity (Wildman–Crippen MR) is 79.2 cm³/mol. The molecule has 2 amide bonds. The minimum absolute atomic E-state index is 0.000862. The molecule has 0 spiro atoms. The molecule has 2 unspecified atom stereocenters. The summed E-state index contributed by atoms with van der Waals surface area (Å²) in [6.07, 6.45) is 4.73. The quantitative estimate of drug-likeness (QED) is 0.791. The Morgan fingerprint density at radius 1 is 1.25 bits per heavy atom. The van der Waals surface area contributed by atoms with Crippen LogP contribution in [0.25, 0.3) is 0 Å². The molecule has 4 heteroatoms. The van der Waals surface area contributed by atoms with Gasteiger partial charge in [0, 0.05) is 12.6 Å². The van der Waals surface area contributed by atoms with E-state index in [-0.39, 0.29) is 18.7 Å². The maximum Gasteiger partial charge on any atom is 0.315 e. The second kappa shape index (κ2) is 7.29. The van der Waals surface area contributed by atoms with E-state index in [1.807, 2.05) is 24.3 Å². The Labute approximate surface area is 120 Å². The minimum Gasteiger partial charge on any atom is -0.392 e. The third-order valence-corrected chi connectivity index (χ3v) is 4.16. The highest BCUT2D eigenvalue weighted by Gasteiger charge is 2.22. The molecule has 0 aliphatic heterocycles. The Kier molecular flexibility index (Phi) is 5.41. The van der Waals surface area contributed by atoms with Crippen LogP contribution in [0.2, 0.25) is 0 Å². The first-order valence-electron chi connectivity index (χ1n) is 7.42. The van der Waals surface area contributed by atoms with Gasteiger partial charge in [0.15, 0.2) is 0 Å². The SMILES string of the molecule is CC1CCCCC1NC(=O)NCc1ccccc1CO. The van der Waals surface area contributed by atoms with Crippen LogP contribution < -0.4 is 10.6 Å². The van der Waals surface area contributed by atoms with Crippen molar-refractivity contribution >= 4 is 6.03 Å². The molecule has 3 N–H and O–H groups in total. The summed E-state index contributed by atoms with van der Waals surface area (Å²) in [5, 5.41) is 15.2. The molecule has 1 aliphatic rings. The topological polar surface area (TPSA) is 61.4 Å². The first kappa shape index (κ1) is 14.9. The summed E-state index contributed by atoms with van der Waals surface area (Å²) < 4.78 is 0. The van der Waals surface area contributed by atoms with E-state index in [4.69, 9.17) is 0 Å². The summed E-state index contributed by atoms with van der Waals surface area (Å²) in [5.74, 6) is 0.555. The summed E-state index contributed by atoms with van der Waals surface area (Å²) in [6.45, 7) is 2.65. The van der Waals surface area contributed by atoms with Gasteiger partial charge in [-0.2, -0.15) is 0 Å². The van der Waals surface area contributed by atoms with Crippen LogP contribution in [-0.4, -0.2) is 17.2 Å². The molecule has 0 saturated heterocycles. The average Bonchev–Trinajstić information content (AvgIpc) is 2.48. The third kappa shape index (κ3) is 3.97. The van der Waals surface area contributed by atoms with Gasteiger partial charge in [-0.05, 0) is 29.9 Å². The van der Waals surface area contributed by atoms with Crippen LogP contribution in [0.4, 0.5) is 4.79 Å². The molecule has 20 heavy (non-hydrogen) atoms. The van der Waals surface area contributed by atoms with Gasteiger partial charge < -0.3 is 15.7 Å². The number of hydrogen-bond donors (Lipinski definition) is 3. The molecule has 1 fully saturated rings. The van der Waals surface area contributed by atoms with Crippen molar-refractivity contribution in [3.8, 4) is 0 Å². The van der Waals surface area contributed by atoms with Crippen molar-refractivity contribution < 1.29 is 9.90 Å². The summed E-state index contributed by atoms with van der Waals surface area (Å²) in [7, 11) is 0. The van der Waals surface area contributed by atoms with E-state index in [1.165, 1.54) is 19.3 Å². The van der Waals surface area contributed by atoms with E-state index in [0.717, 1.165) is 17.5 Å². The summed E-state index contributed by atoms with van der Waals surface area (Å²) >= 11 is 0. The molecular weight excluding hydrogens is 252 g/mol. The molecule has 1 aliphatic carbocycles. The van der Waals surface area contributed by atoms with Crippen molar-refractivity contribution in [2.75, 3.05) is 0 Å². The van der Waals surface area contributed by atoms with E-state index in [2.05, 4.69) is 17.6 Å². The van der Waals surface area contributed by atoms with Gasteiger partial charge in [-0.15, -0.1) is 0 Å². The smallest absolute Gasteiger partial charge is 0.315 e. The number of benzene rings is 1. The fraction of sp³-hybridized carbons (Fsp3) is 0.562. The fourth-order valence-electron chi connectivity index (χ4n) is 2.81. The number of carbonyl (C=O) groups excluding carboxylic acids is 1. The highest BCUT2D eigenvalue weighted by atomic mass is 16.3. The van der Waals surface area contributed by atoms with Crippen LogP contribution in [0.1, 0.15) is 43.7 Å². The van der Waals surface area contributed by atoms with Crippen molar-refractivity contribution in [3.05, 3.63) is 35.4 Å². The van der Waals surface area contributed by atoms with Crippen molar-refractivity contribution in [1.82, 2.24) is 10.6 Å². The van der Waals surface area contributed by atoms with Crippen molar-refractivity contribution in [3.63, 3.8) is 0 Å². The van der Waals surface area contributed by atoms with Gasteiger partial charge in [0.25, 0.3) is 0 Å². The van der Waals surface area contributed by atoms with Gasteiger partial charge >= 0.3 is 6.03 Å². The number of aliphatic hydroxyl groups is 1. The lowest BCUT2D eigenvalue weighted by molar-refractivity contribution is 0.221. The number of hydrogen-bond acceptors (Lipinski definition) is 2. The molecular formula is C16H24N2O2. The largest absolute Gasteiger partial charge is 0.392 e. The van der Waals surface area contributed by atoms with Crippen LogP contribution in [0.3, 0.4) is 0 Å². The first-order valence-corrected chi connectivity index (χ1v) is 7.42. The second-order valence-electron chi connectivity index (χ2n) is 5.62. The number of amides is 2. The first-order chi connectivity index (χ1) is 9.70. The van der Waals surface area contributed by atoms with Gasteiger partial charge in [-0.3, -0.25) is 0 Å². The summed E-state index contributed by atoms with van der Waals surface area (Å²) in [5.41, 5.74) is 1.82. The maximum absolute atomic E-state index is 11.9. The van der Waals surface area contributed by atoms with Gasteiger partial charge in [0.2, 0.25) is 0 Å². The highest BCUT2D eigenvalue weighted by Crippen LogP contribution is 2.23. The number of rotatable bonds is 4. The lowest BCUT2D eigenvalue weighted by atomic mass is 9.86. The molecule has 0 heterocycles. The maximum atomic E-state index is 11.9. The molecule has 1 saturated carbocycles. The molecule has 0 aromatic heterocycles. The molecule has 110 valence electrons. The van der Waals surface area contributed by atoms with Crippen molar-refractivity contribution in [2.45, 2.75) is 51.8 Å². The lowest BCUT2D eigenvalue weighted by Gasteiger charge is -2.29. The molecule has 1 aromatic rings. The van der Waals surface area contributed by atoms with Crippen molar-refractivity contribution in [1.29, 1.82) is 0 Å². The number of urea groups is 1. The standard InChI is InChI=1S/C16H24N2O2/c1-12-6-2-5-9-15(12)18-16(20)17-10-13-7-3-4-8-14(13)11-19/h3-4,7-8,12,15,19H,2,5-6,9-11H2,1H3,(H2,17,18,20). The Balaban J connectivity index is 1.82. The summed E-state index contributed by atoms with van der Waals surface area (Å²) in [4.78, 5) is 11.9. The van der Waals surface area contributed by atoms with E-state index >= 15 is 0 Å². The van der Waals surface area contributed by atoms with Gasteiger partial charge in [-0.1, -0.05) is 44.0 Å². The van der Waals surface area contributed by atoms with Crippen LogP contribution in [-0.2, 0) is 13.2 Å². The van der Waals surface area contributed by atoms with E-state index in [0.29, 0.717) is 12.5 Å². The van der Waals surface area contributed by atoms with Crippen LogP contribution >= 0.6 is 0 Å². The lowest BCUT2D eigenvalue weighted by Crippen LogP contribution is -2.45. The Hall–Kier alpha value is -1.55. The van der Waals surface area contributed by atoms with Crippen molar-refractivity contribution in [2.24, 2.45) is 5.92 Å². The summed E-state index contributed by atoms with van der Waals surface area (Å²) in [6, 6.07) is 7.77. The number of aliphatic hydroxyl groups excluding tert-OH is 1. The zero-order valence-corrected chi connectivity index (χ0v) is 12.1.